The number of nitrogens with one attached hydrogen (secondary N) is 1. The number of hydrogen-bond donors (Lipinski definition) is 1. The van der Waals surface area contributed by atoms with Crippen molar-refractivity contribution in [1.29, 1.82) is 0 Å². The van der Waals surface area contributed by atoms with Crippen LogP contribution in [0.4, 0.5) is 0 Å². The van der Waals surface area contributed by atoms with Gasteiger partial charge >= 0.3 is 0 Å². The fraction of sp³-hybridized carbons (Fsp3) is 0.571. The molecule has 0 amide bonds. The minimum absolute atomic E-state index is 0.134. The molecule has 1 unspecified atom stereocenters. The molecule has 0 saturated carbocycles. The van der Waals surface area contributed by atoms with Crippen LogP contribution in [0.3, 0.4) is 0 Å². The van der Waals surface area contributed by atoms with E-state index in [0.29, 0.717) is 18.1 Å². The van der Waals surface area contributed by atoms with Crippen molar-refractivity contribution in [1.82, 2.24) is 15.5 Å². The SMILES string of the molecule is CNC(Cc1nc(-c2ccoc2C)no1)C(C)(C)C. The maximum Gasteiger partial charge on any atom is 0.228 e. The number of rotatable bonds is 4. The smallest absolute Gasteiger partial charge is 0.228 e. The first kappa shape index (κ1) is 13.8. The number of aryl methyl sites for hydroxylation is 1. The first-order valence-corrected chi connectivity index (χ1v) is 6.46. The molecular weight excluding hydrogens is 242 g/mol. The molecule has 0 saturated heterocycles. The van der Waals surface area contributed by atoms with Crippen molar-refractivity contribution in [2.45, 2.75) is 40.2 Å². The Kier molecular flexibility index (Phi) is 3.75. The van der Waals surface area contributed by atoms with E-state index in [1.807, 2.05) is 20.0 Å². The van der Waals surface area contributed by atoms with E-state index in [2.05, 4.69) is 36.2 Å². The molecule has 1 atom stereocenters. The van der Waals surface area contributed by atoms with Crippen LogP contribution in [0.25, 0.3) is 11.4 Å². The summed E-state index contributed by atoms with van der Waals surface area (Å²) in [5.74, 6) is 2.03. The van der Waals surface area contributed by atoms with E-state index in [1.54, 1.807) is 6.26 Å². The molecule has 2 aromatic rings. The highest BCUT2D eigenvalue weighted by atomic mass is 16.5. The predicted octanol–water partition coefficient (Wildman–Crippen LogP) is 2.81. The molecule has 1 N–H and O–H groups in total. The molecule has 0 aliphatic carbocycles. The lowest BCUT2D eigenvalue weighted by Gasteiger charge is -2.29. The van der Waals surface area contributed by atoms with Crippen LogP contribution in [-0.4, -0.2) is 23.2 Å². The molecule has 2 rings (SSSR count). The highest BCUT2D eigenvalue weighted by Gasteiger charge is 2.25. The summed E-state index contributed by atoms with van der Waals surface area (Å²) in [6, 6.07) is 2.13. The molecule has 0 aliphatic heterocycles. The number of nitrogens with zero attached hydrogens (tertiary/aromatic N) is 2. The van der Waals surface area contributed by atoms with Gasteiger partial charge in [0.15, 0.2) is 0 Å². The number of hydrogen-bond acceptors (Lipinski definition) is 5. The van der Waals surface area contributed by atoms with Gasteiger partial charge in [-0.3, -0.25) is 0 Å². The van der Waals surface area contributed by atoms with E-state index in [0.717, 1.165) is 11.3 Å². The molecule has 5 heteroatoms. The highest BCUT2D eigenvalue weighted by molar-refractivity contribution is 5.56. The number of aromatic nitrogens is 2. The summed E-state index contributed by atoms with van der Waals surface area (Å²) in [5, 5.41) is 7.31. The van der Waals surface area contributed by atoms with Gasteiger partial charge < -0.3 is 14.3 Å². The Morgan fingerprint density at radius 1 is 1.37 bits per heavy atom. The van der Waals surface area contributed by atoms with Gasteiger partial charge in [-0.15, -0.1) is 0 Å². The fourth-order valence-corrected chi connectivity index (χ4v) is 2.08. The molecule has 0 radical (unpaired) electrons. The Bertz CT molecular complexity index is 537. The summed E-state index contributed by atoms with van der Waals surface area (Å²) in [4.78, 5) is 4.44. The van der Waals surface area contributed by atoms with Gasteiger partial charge in [-0.1, -0.05) is 25.9 Å². The van der Waals surface area contributed by atoms with Crippen molar-refractivity contribution in [3.8, 4) is 11.4 Å². The first-order valence-electron chi connectivity index (χ1n) is 6.46. The van der Waals surface area contributed by atoms with Crippen molar-refractivity contribution in [3.05, 3.63) is 24.0 Å². The van der Waals surface area contributed by atoms with Crippen LogP contribution in [0.5, 0.6) is 0 Å². The van der Waals surface area contributed by atoms with Crippen LogP contribution in [0.1, 0.15) is 32.4 Å². The third-order valence-electron chi connectivity index (χ3n) is 3.34. The Balaban J connectivity index is 2.16. The van der Waals surface area contributed by atoms with Gasteiger partial charge in [0.25, 0.3) is 0 Å². The van der Waals surface area contributed by atoms with E-state index in [1.165, 1.54) is 0 Å². The topological polar surface area (TPSA) is 64.1 Å². The lowest BCUT2D eigenvalue weighted by molar-refractivity contribution is 0.255. The van der Waals surface area contributed by atoms with Gasteiger partial charge in [0.1, 0.15) is 5.76 Å². The van der Waals surface area contributed by atoms with Crippen LogP contribution in [0.2, 0.25) is 0 Å². The maximum absolute atomic E-state index is 5.33. The Hall–Kier alpha value is -1.62. The summed E-state index contributed by atoms with van der Waals surface area (Å²) in [7, 11) is 1.95. The molecule has 0 aliphatic rings. The summed E-state index contributed by atoms with van der Waals surface area (Å²) in [5.41, 5.74) is 1.02. The quantitative estimate of drug-likeness (QED) is 0.919. The van der Waals surface area contributed by atoms with Crippen LogP contribution >= 0.6 is 0 Å². The molecule has 0 fully saturated rings. The Morgan fingerprint density at radius 2 is 2.11 bits per heavy atom. The zero-order valence-corrected chi connectivity index (χ0v) is 12.2. The van der Waals surface area contributed by atoms with Gasteiger partial charge in [0.05, 0.1) is 11.8 Å². The van der Waals surface area contributed by atoms with Gasteiger partial charge in [-0.25, -0.2) is 0 Å². The van der Waals surface area contributed by atoms with Gasteiger partial charge in [-0.05, 0) is 25.5 Å². The lowest BCUT2D eigenvalue weighted by Crippen LogP contribution is -2.39. The van der Waals surface area contributed by atoms with Gasteiger partial charge in [-0.2, -0.15) is 4.98 Å². The monoisotopic (exact) mass is 263 g/mol. The first-order chi connectivity index (χ1) is 8.91. The summed E-state index contributed by atoms with van der Waals surface area (Å²) >= 11 is 0. The second kappa shape index (κ2) is 5.17. The standard InChI is InChI=1S/C14H21N3O2/c1-9-10(6-7-18-9)13-16-12(19-17-13)8-11(15-5)14(2,3)4/h6-7,11,15H,8H2,1-5H3. The molecular formula is C14H21N3O2. The van der Waals surface area contributed by atoms with E-state index in [4.69, 9.17) is 8.94 Å². The lowest BCUT2D eigenvalue weighted by atomic mass is 9.85. The molecule has 5 nitrogen and oxygen atoms in total. The molecule has 0 aromatic carbocycles. The van der Waals surface area contributed by atoms with E-state index < -0.39 is 0 Å². The van der Waals surface area contributed by atoms with Crippen molar-refractivity contribution < 1.29 is 8.94 Å². The van der Waals surface area contributed by atoms with Crippen molar-refractivity contribution in [2.24, 2.45) is 5.41 Å². The number of furan rings is 1. The summed E-state index contributed by atoms with van der Waals surface area (Å²) in [6.45, 7) is 8.44. The molecule has 2 heterocycles. The van der Waals surface area contributed by atoms with Crippen LogP contribution < -0.4 is 5.32 Å². The van der Waals surface area contributed by atoms with Crippen molar-refractivity contribution >= 4 is 0 Å². The predicted molar refractivity (Wildman–Crippen MR) is 72.7 cm³/mol. The average molecular weight is 263 g/mol. The fourth-order valence-electron chi connectivity index (χ4n) is 2.08. The molecule has 104 valence electrons. The maximum atomic E-state index is 5.33. The molecule has 19 heavy (non-hydrogen) atoms. The largest absolute Gasteiger partial charge is 0.469 e. The second-order valence-electron chi connectivity index (χ2n) is 5.81. The third-order valence-corrected chi connectivity index (χ3v) is 3.34. The van der Waals surface area contributed by atoms with Crippen molar-refractivity contribution in [3.63, 3.8) is 0 Å². The third kappa shape index (κ3) is 3.04. The minimum Gasteiger partial charge on any atom is -0.469 e. The minimum atomic E-state index is 0.134. The molecule has 2 aromatic heterocycles. The number of likely N-dealkylation sites (N-methyl/N-ethyl adjacent to an activating group) is 1. The zero-order chi connectivity index (χ0) is 14.0. The average Bonchev–Trinajstić information content (AvgIpc) is 2.92. The van der Waals surface area contributed by atoms with E-state index >= 15 is 0 Å². The second-order valence-corrected chi connectivity index (χ2v) is 5.81. The molecule has 0 spiro atoms. The highest BCUT2D eigenvalue weighted by Crippen LogP contribution is 2.24. The van der Waals surface area contributed by atoms with Crippen molar-refractivity contribution in [2.75, 3.05) is 7.05 Å². The van der Waals surface area contributed by atoms with Gasteiger partial charge in [0.2, 0.25) is 11.7 Å². The Labute approximate surface area is 113 Å². The van der Waals surface area contributed by atoms with E-state index in [-0.39, 0.29) is 11.5 Å². The zero-order valence-electron chi connectivity index (χ0n) is 12.2. The normalized spacial score (nSPS) is 13.7. The summed E-state index contributed by atoms with van der Waals surface area (Å²) < 4.78 is 10.6. The van der Waals surface area contributed by atoms with Crippen LogP contribution in [0, 0.1) is 12.3 Å². The molecule has 0 bridgehead atoms. The van der Waals surface area contributed by atoms with E-state index in [9.17, 15) is 0 Å². The summed E-state index contributed by atoms with van der Waals surface area (Å²) in [6.07, 6.45) is 2.34. The van der Waals surface area contributed by atoms with Crippen LogP contribution in [-0.2, 0) is 6.42 Å². The van der Waals surface area contributed by atoms with Crippen LogP contribution in [0.15, 0.2) is 21.3 Å². The Morgan fingerprint density at radius 3 is 2.63 bits per heavy atom. The van der Waals surface area contributed by atoms with Gasteiger partial charge in [0, 0.05) is 12.5 Å².